The highest BCUT2D eigenvalue weighted by molar-refractivity contribution is 5.94. The van der Waals surface area contributed by atoms with Gasteiger partial charge in [-0.05, 0) is 56.4 Å². The van der Waals surface area contributed by atoms with Gasteiger partial charge in [-0.3, -0.25) is 4.79 Å². The summed E-state index contributed by atoms with van der Waals surface area (Å²) in [5.74, 6) is 1.28. The lowest BCUT2D eigenvalue weighted by molar-refractivity contribution is 0.0937. The van der Waals surface area contributed by atoms with E-state index in [0.717, 1.165) is 37.0 Å². The molecule has 4 rings (SSSR count). The molecule has 2 aliphatic rings. The molecule has 1 aliphatic heterocycles. The van der Waals surface area contributed by atoms with Gasteiger partial charge in [0.25, 0.3) is 5.91 Å². The summed E-state index contributed by atoms with van der Waals surface area (Å²) < 4.78 is 2.18. The molecule has 0 radical (unpaired) electrons. The molecule has 2 aromatic heterocycles. The number of amides is 1. The molecule has 122 valence electrons. The van der Waals surface area contributed by atoms with Crippen molar-refractivity contribution in [3.8, 4) is 0 Å². The van der Waals surface area contributed by atoms with Gasteiger partial charge in [-0.25, -0.2) is 0 Å². The van der Waals surface area contributed by atoms with Gasteiger partial charge in [-0.15, -0.1) is 0 Å². The minimum Gasteiger partial charge on any atom is -0.358 e. The van der Waals surface area contributed by atoms with Crippen molar-refractivity contribution in [3.63, 3.8) is 0 Å². The quantitative estimate of drug-likeness (QED) is 0.940. The van der Waals surface area contributed by atoms with Crippen LogP contribution in [0.3, 0.4) is 0 Å². The zero-order valence-corrected chi connectivity index (χ0v) is 13.6. The molecule has 1 saturated heterocycles. The summed E-state index contributed by atoms with van der Waals surface area (Å²) in [4.78, 5) is 15.0. The Balaban J connectivity index is 1.59. The smallest absolute Gasteiger partial charge is 0.252 e. The van der Waals surface area contributed by atoms with Crippen LogP contribution in [0.1, 0.15) is 55.3 Å². The van der Waals surface area contributed by atoms with Crippen molar-refractivity contribution < 1.29 is 4.79 Å². The first-order valence-corrected chi connectivity index (χ1v) is 8.98. The number of aromatic nitrogens is 1. The Bertz CT molecular complexity index is 694. The SMILES string of the molecule is O=C(NC1CCCC1)c1ccc2ccc(N3CCCCC3)n2c1. The van der Waals surface area contributed by atoms with Crippen LogP contribution in [0.2, 0.25) is 0 Å². The first-order chi connectivity index (χ1) is 11.3. The van der Waals surface area contributed by atoms with Crippen molar-refractivity contribution in [2.45, 2.75) is 51.0 Å². The van der Waals surface area contributed by atoms with Gasteiger partial charge in [0.2, 0.25) is 0 Å². The number of piperidine rings is 1. The molecule has 0 aromatic carbocycles. The predicted octanol–water partition coefficient (Wildman–Crippen LogP) is 3.60. The molecule has 1 saturated carbocycles. The number of rotatable bonds is 3. The van der Waals surface area contributed by atoms with Crippen LogP contribution in [0.4, 0.5) is 5.82 Å². The number of hydrogen-bond donors (Lipinski definition) is 1. The molecular formula is C19H25N3O. The molecule has 4 heteroatoms. The molecule has 3 heterocycles. The molecule has 0 atom stereocenters. The van der Waals surface area contributed by atoms with E-state index in [1.54, 1.807) is 0 Å². The Morgan fingerprint density at radius 2 is 1.70 bits per heavy atom. The molecule has 2 fully saturated rings. The molecule has 1 aliphatic carbocycles. The van der Waals surface area contributed by atoms with Crippen molar-refractivity contribution in [2.75, 3.05) is 18.0 Å². The van der Waals surface area contributed by atoms with Gasteiger partial charge in [-0.2, -0.15) is 0 Å². The number of pyridine rings is 1. The third-order valence-electron chi connectivity index (χ3n) is 5.26. The summed E-state index contributed by atoms with van der Waals surface area (Å²) in [5.41, 5.74) is 1.92. The number of fused-ring (bicyclic) bond motifs is 1. The van der Waals surface area contributed by atoms with Crippen molar-refractivity contribution in [1.82, 2.24) is 9.72 Å². The monoisotopic (exact) mass is 311 g/mol. The normalized spacial score (nSPS) is 19.4. The van der Waals surface area contributed by atoms with Crippen molar-refractivity contribution >= 4 is 17.2 Å². The Hall–Kier alpha value is -1.97. The molecule has 1 N–H and O–H groups in total. The van der Waals surface area contributed by atoms with E-state index >= 15 is 0 Å². The fraction of sp³-hybridized carbons (Fsp3) is 0.526. The Morgan fingerprint density at radius 1 is 0.957 bits per heavy atom. The lowest BCUT2D eigenvalue weighted by Gasteiger charge is -2.28. The fourth-order valence-electron chi connectivity index (χ4n) is 3.94. The van der Waals surface area contributed by atoms with Gasteiger partial charge in [0.15, 0.2) is 0 Å². The van der Waals surface area contributed by atoms with E-state index in [1.807, 2.05) is 12.3 Å². The highest BCUT2D eigenvalue weighted by Gasteiger charge is 2.19. The Morgan fingerprint density at radius 3 is 2.48 bits per heavy atom. The lowest BCUT2D eigenvalue weighted by Crippen LogP contribution is -2.33. The minimum absolute atomic E-state index is 0.0668. The third kappa shape index (κ3) is 2.94. The van der Waals surface area contributed by atoms with E-state index in [1.165, 1.54) is 37.9 Å². The van der Waals surface area contributed by atoms with Crippen LogP contribution in [0.5, 0.6) is 0 Å². The number of carbonyl (C=O) groups is 1. The van der Waals surface area contributed by atoms with Gasteiger partial charge in [-0.1, -0.05) is 12.8 Å². The van der Waals surface area contributed by atoms with Crippen molar-refractivity contribution in [2.24, 2.45) is 0 Å². The molecule has 0 bridgehead atoms. The van der Waals surface area contributed by atoms with E-state index in [4.69, 9.17) is 0 Å². The van der Waals surface area contributed by atoms with E-state index < -0.39 is 0 Å². The predicted molar refractivity (Wildman–Crippen MR) is 93.2 cm³/mol. The first kappa shape index (κ1) is 14.6. The zero-order chi connectivity index (χ0) is 15.6. The van der Waals surface area contributed by atoms with Gasteiger partial charge >= 0.3 is 0 Å². The topological polar surface area (TPSA) is 36.8 Å². The largest absolute Gasteiger partial charge is 0.358 e. The van der Waals surface area contributed by atoms with Crippen LogP contribution in [-0.4, -0.2) is 29.4 Å². The van der Waals surface area contributed by atoms with E-state index in [0.29, 0.717) is 6.04 Å². The maximum Gasteiger partial charge on any atom is 0.252 e. The van der Waals surface area contributed by atoms with E-state index in [2.05, 4.69) is 32.8 Å². The highest BCUT2D eigenvalue weighted by Crippen LogP contribution is 2.24. The molecule has 0 unspecified atom stereocenters. The minimum atomic E-state index is 0.0668. The summed E-state index contributed by atoms with van der Waals surface area (Å²) in [6.07, 6.45) is 10.6. The van der Waals surface area contributed by atoms with Crippen molar-refractivity contribution in [1.29, 1.82) is 0 Å². The van der Waals surface area contributed by atoms with Crippen LogP contribution in [0.25, 0.3) is 5.52 Å². The van der Waals surface area contributed by atoms with Gasteiger partial charge in [0.1, 0.15) is 5.82 Å². The average Bonchev–Trinajstić information content (AvgIpc) is 3.24. The summed E-state index contributed by atoms with van der Waals surface area (Å²) in [6, 6.07) is 8.68. The summed E-state index contributed by atoms with van der Waals surface area (Å²) in [7, 11) is 0. The van der Waals surface area contributed by atoms with Crippen LogP contribution >= 0.6 is 0 Å². The second kappa shape index (κ2) is 6.26. The molecule has 2 aromatic rings. The number of anilines is 1. The Labute approximate surface area is 137 Å². The lowest BCUT2D eigenvalue weighted by atomic mass is 10.1. The zero-order valence-electron chi connectivity index (χ0n) is 13.6. The molecule has 4 nitrogen and oxygen atoms in total. The van der Waals surface area contributed by atoms with Crippen LogP contribution in [-0.2, 0) is 0 Å². The molecule has 1 amide bonds. The number of carbonyl (C=O) groups excluding carboxylic acids is 1. The Kier molecular flexibility index (Phi) is 3.98. The van der Waals surface area contributed by atoms with Gasteiger partial charge < -0.3 is 14.6 Å². The first-order valence-electron chi connectivity index (χ1n) is 8.98. The molecular weight excluding hydrogens is 286 g/mol. The maximum absolute atomic E-state index is 12.5. The summed E-state index contributed by atoms with van der Waals surface area (Å²) in [5, 5.41) is 3.19. The van der Waals surface area contributed by atoms with Crippen molar-refractivity contribution in [3.05, 3.63) is 36.0 Å². The molecule has 0 spiro atoms. The van der Waals surface area contributed by atoms with E-state index in [9.17, 15) is 4.79 Å². The highest BCUT2D eigenvalue weighted by atomic mass is 16.1. The number of nitrogens with one attached hydrogen (secondary N) is 1. The van der Waals surface area contributed by atoms with E-state index in [-0.39, 0.29) is 5.91 Å². The average molecular weight is 311 g/mol. The maximum atomic E-state index is 12.5. The number of nitrogens with zero attached hydrogens (tertiary/aromatic N) is 2. The second-order valence-electron chi connectivity index (χ2n) is 6.91. The summed E-state index contributed by atoms with van der Waals surface area (Å²) >= 11 is 0. The van der Waals surface area contributed by atoms with Crippen LogP contribution in [0, 0.1) is 0 Å². The van der Waals surface area contributed by atoms with Crippen LogP contribution < -0.4 is 10.2 Å². The summed E-state index contributed by atoms with van der Waals surface area (Å²) in [6.45, 7) is 2.23. The standard InChI is InChI=1S/C19H25N3O/c23-19(20-16-6-2-3-7-16)15-8-9-17-10-11-18(22(17)14-15)21-12-4-1-5-13-21/h8-11,14,16H,1-7,12-13H2,(H,20,23). The second-order valence-corrected chi connectivity index (χ2v) is 6.91. The van der Waals surface area contributed by atoms with Gasteiger partial charge in [0, 0.05) is 30.8 Å². The third-order valence-corrected chi connectivity index (χ3v) is 5.26. The molecule has 23 heavy (non-hydrogen) atoms. The fourth-order valence-corrected chi connectivity index (χ4v) is 3.94. The van der Waals surface area contributed by atoms with Gasteiger partial charge in [0.05, 0.1) is 5.56 Å². The number of hydrogen-bond acceptors (Lipinski definition) is 2. The van der Waals surface area contributed by atoms with Crippen LogP contribution in [0.15, 0.2) is 30.5 Å².